The Bertz CT molecular complexity index is 1840. The van der Waals surface area contributed by atoms with E-state index in [1.54, 1.807) is 18.4 Å². The molecule has 0 saturated carbocycles. The van der Waals surface area contributed by atoms with Crippen LogP contribution in [0.5, 0.6) is 5.75 Å². The first-order chi connectivity index (χ1) is 19.7. The van der Waals surface area contributed by atoms with Crippen molar-refractivity contribution in [2.24, 2.45) is 4.99 Å². The Morgan fingerprint density at radius 3 is 2.59 bits per heavy atom. The number of esters is 1. The van der Waals surface area contributed by atoms with Gasteiger partial charge in [0.2, 0.25) is 0 Å². The second-order valence-electron chi connectivity index (χ2n) is 9.41. The molecule has 0 saturated heterocycles. The van der Waals surface area contributed by atoms with E-state index in [1.165, 1.54) is 11.3 Å². The molecule has 0 aliphatic carbocycles. The summed E-state index contributed by atoms with van der Waals surface area (Å²) in [7, 11) is 0. The SMILES string of the molecule is CCOC(=O)C1=C(C)N=c2s/c(=C/c3cc(Br)c(OCc4ccccc4Cl)c(I)c3)c(=O)n2[C@@H]1c1ccc(C)cc1. The average Bonchev–Trinajstić information content (AvgIpc) is 3.23. The van der Waals surface area contributed by atoms with Crippen LogP contribution in [0, 0.1) is 10.5 Å². The van der Waals surface area contributed by atoms with Gasteiger partial charge in [-0.25, -0.2) is 9.79 Å². The monoisotopic (exact) mass is 762 g/mol. The lowest BCUT2D eigenvalue weighted by Gasteiger charge is -2.24. The number of hydrogen-bond donors (Lipinski definition) is 0. The fourth-order valence-electron chi connectivity index (χ4n) is 4.57. The summed E-state index contributed by atoms with van der Waals surface area (Å²) < 4.78 is 15.2. The van der Waals surface area contributed by atoms with Crippen molar-refractivity contribution in [3.05, 3.63) is 127 Å². The van der Waals surface area contributed by atoms with Crippen LogP contribution in [0.3, 0.4) is 0 Å². The van der Waals surface area contributed by atoms with Gasteiger partial charge in [-0.05, 0) is 94.7 Å². The molecule has 0 spiro atoms. The van der Waals surface area contributed by atoms with Gasteiger partial charge < -0.3 is 9.47 Å². The van der Waals surface area contributed by atoms with E-state index in [0.29, 0.717) is 38.0 Å². The molecule has 0 radical (unpaired) electrons. The summed E-state index contributed by atoms with van der Waals surface area (Å²) in [6.07, 6.45) is 1.84. The van der Waals surface area contributed by atoms with Gasteiger partial charge >= 0.3 is 5.97 Å². The number of rotatable bonds is 7. The standard InChI is InChI=1S/C31H25BrClIN2O4S/c1-4-39-30(38)26-18(3)35-31-36(27(26)20-11-9-17(2)10-12-20)29(37)25(41-31)15-19-13-22(32)28(24(34)14-19)40-16-21-7-5-6-8-23(21)33/h5-15,27H,4,16H2,1-3H3/b25-15+/t27-/m1/s1. The van der Waals surface area contributed by atoms with E-state index in [9.17, 15) is 9.59 Å². The zero-order valence-electron chi connectivity index (χ0n) is 22.4. The first kappa shape index (κ1) is 29.8. The molecular weight excluding hydrogens is 739 g/mol. The lowest BCUT2D eigenvalue weighted by Crippen LogP contribution is -2.39. The number of ether oxygens (including phenoxy) is 2. The quantitative estimate of drug-likeness (QED) is 0.155. The third kappa shape index (κ3) is 6.23. The summed E-state index contributed by atoms with van der Waals surface area (Å²) in [5, 5.41) is 0.649. The molecule has 6 nitrogen and oxygen atoms in total. The zero-order chi connectivity index (χ0) is 29.3. The van der Waals surface area contributed by atoms with Gasteiger partial charge in [0, 0.05) is 10.6 Å². The number of allylic oxidation sites excluding steroid dienone is 1. The Hall–Kier alpha value is -2.73. The summed E-state index contributed by atoms with van der Waals surface area (Å²) in [6.45, 7) is 6.09. The van der Waals surface area contributed by atoms with Crippen LogP contribution >= 0.6 is 61.5 Å². The van der Waals surface area contributed by atoms with Crippen molar-refractivity contribution in [1.82, 2.24) is 4.57 Å². The molecule has 41 heavy (non-hydrogen) atoms. The van der Waals surface area contributed by atoms with E-state index < -0.39 is 12.0 Å². The molecule has 4 aromatic rings. The third-order valence-electron chi connectivity index (χ3n) is 6.56. The number of benzene rings is 3. The molecule has 0 bridgehead atoms. The Labute approximate surface area is 268 Å². The van der Waals surface area contributed by atoms with Crippen molar-refractivity contribution in [3.63, 3.8) is 0 Å². The molecule has 5 rings (SSSR count). The number of thiazole rings is 1. The van der Waals surface area contributed by atoms with Gasteiger partial charge in [-0.3, -0.25) is 9.36 Å². The van der Waals surface area contributed by atoms with Crippen molar-refractivity contribution in [2.75, 3.05) is 6.61 Å². The van der Waals surface area contributed by atoms with Crippen molar-refractivity contribution >= 4 is 73.5 Å². The molecule has 1 aliphatic heterocycles. The van der Waals surface area contributed by atoms with Gasteiger partial charge in [0.05, 0.1) is 36.5 Å². The molecular formula is C31H25BrClIN2O4S. The number of carbonyl (C=O) groups excluding carboxylic acids is 1. The van der Waals surface area contributed by atoms with Crippen LogP contribution in [0.2, 0.25) is 5.02 Å². The fourth-order valence-corrected chi connectivity index (χ4v) is 7.58. The molecule has 210 valence electrons. The van der Waals surface area contributed by atoms with Crippen LogP contribution in [-0.2, 0) is 16.1 Å². The highest BCUT2D eigenvalue weighted by Crippen LogP contribution is 2.34. The number of aryl methyl sites for hydroxylation is 1. The molecule has 10 heteroatoms. The molecule has 1 aromatic heterocycles. The minimum atomic E-state index is -0.638. The summed E-state index contributed by atoms with van der Waals surface area (Å²) in [4.78, 5) is 32.1. The normalized spacial score (nSPS) is 15.0. The molecule has 2 heterocycles. The van der Waals surface area contributed by atoms with Gasteiger partial charge in [-0.15, -0.1) is 0 Å². The van der Waals surface area contributed by atoms with Crippen LogP contribution in [0.25, 0.3) is 6.08 Å². The predicted octanol–water partition coefficient (Wildman–Crippen LogP) is 6.71. The van der Waals surface area contributed by atoms with Crippen LogP contribution in [0.1, 0.15) is 42.1 Å². The molecule has 0 fully saturated rings. The maximum atomic E-state index is 13.9. The first-order valence-electron chi connectivity index (χ1n) is 12.8. The zero-order valence-corrected chi connectivity index (χ0v) is 27.7. The lowest BCUT2D eigenvalue weighted by molar-refractivity contribution is -0.139. The Morgan fingerprint density at radius 2 is 1.90 bits per heavy atom. The molecule has 3 aromatic carbocycles. The molecule has 1 aliphatic rings. The second kappa shape index (κ2) is 12.6. The third-order valence-corrected chi connectivity index (χ3v) is 9.30. The largest absolute Gasteiger partial charge is 0.487 e. The van der Waals surface area contributed by atoms with Gasteiger partial charge in [0.1, 0.15) is 12.4 Å². The maximum absolute atomic E-state index is 13.9. The van der Waals surface area contributed by atoms with Crippen molar-refractivity contribution in [3.8, 4) is 5.75 Å². The Balaban J connectivity index is 1.56. The van der Waals surface area contributed by atoms with E-state index in [1.807, 2.05) is 73.7 Å². The van der Waals surface area contributed by atoms with E-state index >= 15 is 0 Å². The van der Waals surface area contributed by atoms with E-state index in [0.717, 1.165) is 30.3 Å². The van der Waals surface area contributed by atoms with Crippen molar-refractivity contribution < 1.29 is 14.3 Å². The van der Waals surface area contributed by atoms with Gasteiger partial charge in [-0.1, -0.05) is 71.0 Å². The van der Waals surface area contributed by atoms with E-state index in [-0.39, 0.29) is 12.2 Å². The number of carbonyl (C=O) groups is 1. The van der Waals surface area contributed by atoms with Gasteiger partial charge in [0.15, 0.2) is 4.80 Å². The van der Waals surface area contributed by atoms with Crippen molar-refractivity contribution in [2.45, 2.75) is 33.4 Å². The van der Waals surface area contributed by atoms with E-state index in [2.05, 4.69) is 43.5 Å². The van der Waals surface area contributed by atoms with E-state index in [4.69, 9.17) is 21.1 Å². The topological polar surface area (TPSA) is 69.9 Å². The number of fused-ring (bicyclic) bond motifs is 1. The number of hydrogen-bond acceptors (Lipinski definition) is 6. The Kier molecular flexibility index (Phi) is 9.18. The molecule has 0 N–H and O–H groups in total. The predicted molar refractivity (Wildman–Crippen MR) is 174 cm³/mol. The fraction of sp³-hybridized carbons (Fsp3) is 0.194. The number of aromatic nitrogens is 1. The number of halogens is 3. The van der Waals surface area contributed by atoms with Gasteiger partial charge in [0.25, 0.3) is 5.56 Å². The Morgan fingerprint density at radius 1 is 1.17 bits per heavy atom. The minimum Gasteiger partial charge on any atom is -0.487 e. The van der Waals surface area contributed by atoms with Crippen LogP contribution in [-0.4, -0.2) is 17.1 Å². The maximum Gasteiger partial charge on any atom is 0.338 e. The van der Waals surface area contributed by atoms with Gasteiger partial charge in [-0.2, -0.15) is 0 Å². The minimum absolute atomic E-state index is 0.223. The molecule has 1 atom stereocenters. The number of nitrogens with zero attached hydrogens (tertiary/aromatic N) is 2. The van der Waals surface area contributed by atoms with Crippen LogP contribution < -0.4 is 19.6 Å². The lowest BCUT2D eigenvalue weighted by atomic mass is 9.95. The smallest absolute Gasteiger partial charge is 0.338 e. The van der Waals surface area contributed by atoms with Crippen molar-refractivity contribution in [1.29, 1.82) is 0 Å². The molecule has 0 amide bonds. The summed E-state index contributed by atoms with van der Waals surface area (Å²) >= 11 is 13.4. The summed E-state index contributed by atoms with van der Waals surface area (Å²) in [5.41, 5.74) is 4.30. The van der Waals surface area contributed by atoms with Crippen LogP contribution in [0.4, 0.5) is 0 Å². The van der Waals surface area contributed by atoms with Crippen LogP contribution in [0.15, 0.2) is 86.2 Å². The summed E-state index contributed by atoms with van der Waals surface area (Å²) in [6, 6.07) is 18.6. The average molecular weight is 764 g/mol. The summed E-state index contributed by atoms with van der Waals surface area (Å²) in [5.74, 6) is 0.220. The highest BCUT2D eigenvalue weighted by Gasteiger charge is 2.33. The second-order valence-corrected chi connectivity index (χ2v) is 12.8. The highest BCUT2D eigenvalue weighted by atomic mass is 127. The highest BCUT2D eigenvalue weighted by molar-refractivity contribution is 14.1. The first-order valence-corrected chi connectivity index (χ1v) is 15.9. The molecule has 0 unspecified atom stereocenters.